The normalized spacial score (nSPS) is 15.1. The highest BCUT2D eigenvalue weighted by Gasteiger charge is 2.24. The van der Waals surface area contributed by atoms with Crippen molar-refractivity contribution in [1.82, 2.24) is 14.8 Å². The second kappa shape index (κ2) is 7.03. The number of hydrogen-bond donors (Lipinski definition) is 0. The Kier molecular flexibility index (Phi) is 4.83. The Balaban J connectivity index is 1.62. The highest BCUT2D eigenvalue weighted by atomic mass is 16.3. The lowest BCUT2D eigenvalue weighted by atomic mass is 10.1. The minimum Gasteiger partial charge on any atom is -0.441 e. The highest BCUT2D eigenvalue weighted by molar-refractivity contribution is 5.97. The Morgan fingerprint density at radius 3 is 2.58 bits per heavy atom. The van der Waals surface area contributed by atoms with E-state index in [4.69, 9.17) is 4.42 Å². The molecule has 0 saturated carbocycles. The quantitative estimate of drug-likeness (QED) is 0.865. The summed E-state index contributed by atoms with van der Waals surface area (Å²) >= 11 is 0. The Labute approximate surface area is 141 Å². The first-order valence-electron chi connectivity index (χ1n) is 8.52. The first-order chi connectivity index (χ1) is 11.6. The predicted octanol–water partition coefficient (Wildman–Crippen LogP) is 2.61. The van der Waals surface area contributed by atoms with E-state index in [0.29, 0.717) is 55.2 Å². The number of carbonyl (C=O) groups excluding carboxylic acids is 2. The van der Waals surface area contributed by atoms with Gasteiger partial charge in [0.1, 0.15) is 5.52 Å². The van der Waals surface area contributed by atoms with Crippen LogP contribution < -0.4 is 0 Å². The summed E-state index contributed by atoms with van der Waals surface area (Å²) in [7, 11) is 0. The van der Waals surface area contributed by atoms with Gasteiger partial charge in [-0.1, -0.05) is 13.3 Å². The fraction of sp³-hybridized carbons (Fsp3) is 0.500. The van der Waals surface area contributed by atoms with E-state index in [2.05, 4.69) is 11.9 Å². The molecule has 1 fully saturated rings. The van der Waals surface area contributed by atoms with Gasteiger partial charge in [-0.3, -0.25) is 9.59 Å². The Morgan fingerprint density at radius 1 is 1.17 bits per heavy atom. The summed E-state index contributed by atoms with van der Waals surface area (Å²) in [6, 6.07) is 5.33. The van der Waals surface area contributed by atoms with Crippen LogP contribution >= 0.6 is 0 Å². The van der Waals surface area contributed by atoms with Gasteiger partial charge >= 0.3 is 0 Å². The van der Waals surface area contributed by atoms with Crippen LogP contribution in [0.15, 0.2) is 22.6 Å². The Bertz CT molecular complexity index is 745. The number of hydrogen-bond acceptors (Lipinski definition) is 4. The molecule has 0 N–H and O–H groups in total. The standard InChI is InChI=1S/C18H23N3O3/c1-3-4-5-17(22)20-8-10-21(11-9-20)18(23)14-6-7-16-15(12-14)19-13(2)24-16/h6-7,12H,3-5,8-11H2,1-2H3. The number of aromatic nitrogens is 1. The van der Waals surface area contributed by atoms with Crippen LogP contribution in [0.2, 0.25) is 0 Å². The number of benzene rings is 1. The number of aryl methyl sites for hydroxylation is 1. The number of amides is 2. The Hall–Kier alpha value is -2.37. The maximum absolute atomic E-state index is 12.7. The van der Waals surface area contributed by atoms with Gasteiger partial charge in [-0.25, -0.2) is 4.98 Å². The van der Waals surface area contributed by atoms with Crippen molar-refractivity contribution in [2.75, 3.05) is 26.2 Å². The number of carbonyl (C=O) groups is 2. The van der Waals surface area contributed by atoms with Crippen LogP contribution in [0.4, 0.5) is 0 Å². The van der Waals surface area contributed by atoms with Crippen LogP contribution in [0.1, 0.15) is 42.4 Å². The summed E-state index contributed by atoms with van der Waals surface area (Å²) in [6.07, 6.45) is 2.55. The maximum atomic E-state index is 12.7. The number of nitrogens with zero attached hydrogens (tertiary/aromatic N) is 3. The topological polar surface area (TPSA) is 66.7 Å². The monoisotopic (exact) mass is 329 g/mol. The lowest BCUT2D eigenvalue weighted by molar-refractivity contribution is -0.132. The zero-order chi connectivity index (χ0) is 17.1. The third-order valence-corrected chi connectivity index (χ3v) is 4.41. The van der Waals surface area contributed by atoms with Crippen molar-refractivity contribution < 1.29 is 14.0 Å². The van der Waals surface area contributed by atoms with Crippen LogP contribution in [0.25, 0.3) is 11.1 Å². The molecule has 2 amide bonds. The first-order valence-corrected chi connectivity index (χ1v) is 8.52. The molecular formula is C18H23N3O3. The number of fused-ring (bicyclic) bond motifs is 1. The molecule has 1 aromatic heterocycles. The van der Waals surface area contributed by atoms with Gasteiger partial charge in [-0.05, 0) is 24.6 Å². The van der Waals surface area contributed by atoms with E-state index in [0.717, 1.165) is 12.8 Å². The largest absolute Gasteiger partial charge is 0.441 e. The molecule has 0 radical (unpaired) electrons. The molecule has 1 aliphatic heterocycles. The number of oxazole rings is 1. The molecule has 3 rings (SSSR count). The minimum atomic E-state index is -0.0155. The first kappa shape index (κ1) is 16.5. The van der Waals surface area contributed by atoms with E-state index in [-0.39, 0.29) is 11.8 Å². The molecule has 1 aliphatic rings. The third kappa shape index (κ3) is 3.42. The molecule has 128 valence electrons. The van der Waals surface area contributed by atoms with Gasteiger partial charge in [0.25, 0.3) is 5.91 Å². The molecule has 0 unspecified atom stereocenters. The van der Waals surface area contributed by atoms with Gasteiger partial charge in [0.2, 0.25) is 5.91 Å². The molecule has 0 aliphatic carbocycles. The summed E-state index contributed by atoms with van der Waals surface area (Å²) in [5.41, 5.74) is 2.00. The van der Waals surface area contributed by atoms with Gasteiger partial charge in [0, 0.05) is 45.1 Å². The van der Waals surface area contributed by atoms with E-state index in [1.807, 2.05) is 4.90 Å². The molecule has 2 heterocycles. The van der Waals surface area contributed by atoms with Crippen LogP contribution in [0.3, 0.4) is 0 Å². The molecule has 0 bridgehead atoms. The van der Waals surface area contributed by atoms with Crippen molar-refractivity contribution in [3.05, 3.63) is 29.7 Å². The average molecular weight is 329 g/mol. The van der Waals surface area contributed by atoms with Crippen molar-refractivity contribution in [1.29, 1.82) is 0 Å². The number of rotatable bonds is 4. The predicted molar refractivity (Wildman–Crippen MR) is 90.8 cm³/mol. The van der Waals surface area contributed by atoms with E-state index in [1.165, 1.54) is 0 Å². The van der Waals surface area contributed by atoms with Gasteiger partial charge in [0.15, 0.2) is 11.5 Å². The second-order valence-electron chi connectivity index (χ2n) is 6.19. The average Bonchev–Trinajstić information content (AvgIpc) is 2.98. The van der Waals surface area contributed by atoms with E-state index < -0.39 is 0 Å². The molecule has 0 atom stereocenters. The fourth-order valence-corrected chi connectivity index (χ4v) is 3.00. The molecule has 24 heavy (non-hydrogen) atoms. The zero-order valence-electron chi connectivity index (χ0n) is 14.2. The van der Waals surface area contributed by atoms with Crippen LogP contribution in [-0.4, -0.2) is 52.8 Å². The molecule has 1 saturated heterocycles. The van der Waals surface area contributed by atoms with Crippen molar-refractivity contribution in [2.24, 2.45) is 0 Å². The minimum absolute atomic E-state index is 0.0155. The second-order valence-corrected chi connectivity index (χ2v) is 6.19. The maximum Gasteiger partial charge on any atom is 0.254 e. The molecule has 2 aromatic rings. The molecule has 6 nitrogen and oxygen atoms in total. The lowest BCUT2D eigenvalue weighted by Gasteiger charge is -2.35. The van der Waals surface area contributed by atoms with Crippen molar-refractivity contribution in [3.8, 4) is 0 Å². The molecule has 0 spiro atoms. The van der Waals surface area contributed by atoms with Gasteiger partial charge in [-0.15, -0.1) is 0 Å². The third-order valence-electron chi connectivity index (χ3n) is 4.41. The summed E-state index contributed by atoms with van der Waals surface area (Å²) in [5.74, 6) is 0.774. The zero-order valence-corrected chi connectivity index (χ0v) is 14.2. The van der Waals surface area contributed by atoms with Crippen LogP contribution in [0, 0.1) is 6.92 Å². The van der Waals surface area contributed by atoms with Gasteiger partial charge in [-0.2, -0.15) is 0 Å². The van der Waals surface area contributed by atoms with Crippen molar-refractivity contribution >= 4 is 22.9 Å². The Morgan fingerprint density at radius 2 is 1.88 bits per heavy atom. The lowest BCUT2D eigenvalue weighted by Crippen LogP contribution is -2.50. The SMILES string of the molecule is CCCCC(=O)N1CCN(C(=O)c2ccc3oc(C)nc3c2)CC1. The molecule has 1 aromatic carbocycles. The van der Waals surface area contributed by atoms with Gasteiger partial charge < -0.3 is 14.2 Å². The summed E-state index contributed by atoms with van der Waals surface area (Å²) in [4.78, 5) is 32.7. The van der Waals surface area contributed by atoms with E-state index in [1.54, 1.807) is 30.0 Å². The van der Waals surface area contributed by atoms with Crippen LogP contribution in [-0.2, 0) is 4.79 Å². The number of piperazine rings is 1. The molecular weight excluding hydrogens is 306 g/mol. The van der Waals surface area contributed by atoms with E-state index in [9.17, 15) is 9.59 Å². The summed E-state index contributed by atoms with van der Waals surface area (Å²) < 4.78 is 5.44. The van der Waals surface area contributed by atoms with Crippen molar-refractivity contribution in [3.63, 3.8) is 0 Å². The smallest absolute Gasteiger partial charge is 0.254 e. The van der Waals surface area contributed by atoms with E-state index >= 15 is 0 Å². The summed E-state index contributed by atoms with van der Waals surface area (Å²) in [6.45, 7) is 6.24. The number of unbranched alkanes of at least 4 members (excludes halogenated alkanes) is 1. The highest BCUT2D eigenvalue weighted by Crippen LogP contribution is 2.18. The van der Waals surface area contributed by atoms with Gasteiger partial charge in [0.05, 0.1) is 0 Å². The fourth-order valence-electron chi connectivity index (χ4n) is 3.00. The van der Waals surface area contributed by atoms with Crippen molar-refractivity contribution in [2.45, 2.75) is 33.1 Å². The molecule has 6 heteroatoms. The summed E-state index contributed by atoms with van der Waals surface area (Å²) in [5, 5.41) is 0. The van der Waals surface area contributed by atoms with Crippen LogP contribution in [0.5, 0.6) is 0 Å².